The van der Waals surface area contributed by atoms with Gasteiger partial charge in [-0.05, 0) is 24.3 Å². The Morgan fingerprint density at radius 3 is 2.88 bits per heavy atom. The van der Waals surface area contributed by atoms with Gasteiger partial charge in [-0.15, -0.1) is 0 Å². The molecule has 0 spiro atoms. The predicted molar refractivity (Wildman–Crippen MR) is 71.0 cm³/mol. The van der Waals surface area contributed by atoms with Crippen molar-refractivity contribution in [2.45, 2.75) is 31.2 Å². The number of nitrogens with two attached hydrogens (primary N) is 1. The summed E-state index contributed by atoms with van der Waals surface area (Å²) in [6, 6.07) is 2.15. The minimum Gasteiger partial charge on any atom is -0.328 e. The van der Waals surface area contributed by atoms with Crippen LogP contribution in [-0.2, 0) is 5.54 Å². The second kappa shape index (κ2) is 4.27. The van der Waals surface area contributed by atoms with Crippen molar-refractivity contribution >= 4 is 11.3 Å². The number of thiophene rings is 1. The molecule has 17 heavy (non-hydrogen) atoms. The van der Waals surface area contributed by atoms with E-state index in [2.05, 4.69) is 26.4 Å². The number of aromatic nitrogens is 2. The van der Waals surface area contributed by atoms with E-state index in [9.17, 15) is 0 Å². The Balaban J connectivity index is 2.06. The Morgan fingerprint density at radius 1 is 1.41 bits per heavy atom. The van der Waals surface area contributed by atoms with Gasteiger partial charge in [0, 0.05) is 17.5 Å². The Morgan fingerprint density at radius 2 is 2.24 bits per heavy atom. The van der Waals surface area contributed by atoms with Crippen LogP contribution in [0.3, 0.4) is 0 Å². The summed E-state index contributed by atoms with van der Waals surface area (Å²) in [6.45, 7) is 0.709. The maximum atomic E-state index is 6.04. The highest BCUT2D eigenvalue weighted by Gasteiger charge is 2.35. The molecule has 3 nitrogen and oxygen atoms in total. The van der Waals surface area contributed by atoms with Crippen LogP contribution in [0.4, 0.5) is 0 Å². The average molecular weight is 247 g/mol. The van der Waals surface area contributed by atoms with Gasteiger partial charge in [0.05, 0.1) is 23.8 Å². The molecule has 4 heteroatoms. The molecule has 2 aromatic rings. The molecule has 0 amide bonds. The lowest BCUT2D eigenvalue weighted by Crippen LogP contribution is -2.38. The van der Waals surface area contributed by atoms with E-state index in [0.717, 1.165) is 0 Å². The molecular weight excluding hydrogens is 230 g/mol. The van der Waals surface area contributed by atoms with Crippen molar-refractivity contribution in [3.63, 3.8) is 0 Å². The normalized spacial score (nSPS) is 18.6. The largest absolute Gasteiger partial charge is 0.328 e. The third-order valence-corrected chi connectivity index (χ3v) is 4.56. The predicted octanol–water partition coefficient (Wildman–Crippen LogP) is 2.84. The third kappa shape index (κ3) is 1.72. The standard InChI is InChI=1S/C13H17N3S/c14-9-13(4-1-2-5-13)16-10-15-7-12(16)11-3-6-17-8-11/h3,6-8,10H,1-2,4-5,9,14H2. The molecule has 2 heterocycles. The van der Waals surface area contributed by atoms with Crippen LogP contribution in [0, 0.1) is 0 Å². The van der Waals surface area contributed by atoms with E-state index < -0.39 is 0 Å². The zero-order valence-corrected chi connectivity index (χ0v) is 10.6. The molecule has 0 saturated heterocycles. The summed E-state index contributed by atoms with van der Waals surface area (Å²) in [6.07, 6.45) is 8.81. The first-order valence-electron chi connectivity index (χ1n) is 6.11. The van der Waals surface area contributed by atoms with Crippen molar-refractivity contribution in [1.82, 2.24) is 9.55 Å². The van der Waals surface area contributed by atoms with Gasteiger partial charge in [-0.1, -0.05) is 12.8 Å². The second-order valence-corrected chi connectivity index (χ2v) is 5.58. The first-order chi connectivity index (χ1) is 8.36. The molecule has 0 bridgehead atoms. The van der Waals surface area contributed by atoms with Crippen LogP contribution < -0.4 is 5.73 Å². The Labute approximate surface area is 105 Å². The van der Waals surface area contributed by atoms with Crippen LogP contribution in [0.1, 0.15) is 25.7 Å². The summed E-state index contributed by atoms with van der Waals surface area (Å²) in [4.78, 5) is 4.33. The molecule has 0 aromatic carbocycles. The molecule has 0 aliphatic heterocycles. The monoisotopic (exact) mass is 247 g/mol. The van der Waals surface area contributed by atoms with E-state index in [0.29, 0.717) is 6.54 Å². The van der Waals surface area contributed by atoms with Gasteiger partial charge in [0.2, 0.25) is 0 Å². The molecule has 0 unspecified atom stereocenters. The minimum absolute atomic E-state index is 0.105. The quantitative estimate of drug-likeness (QED) is 0.906. The lowest BCUT2D eigenvalue weighted by atomic mass is 9.96. The lowest BCUT2D eigenvalue weighted by molar-refractivity contribution is 0.307. The molecule has 3 rings (SSSR count). The van der Waals surface area contributed by atoms with Gasteiger partial charge in [-0.2, -0.15) is 11.3 Å². The van der Waals surface area contributed by atoms with Crippen molar-refractivity contribution in [1.29, 1.82) is 0 Å². The Hall–Kier alpha value is -1.13. The Bertz CT molecular complexity index is 480. The number of rotatable bonds is 3. The van der Waals surface area contributed by atoms with E-state index in [4.69, 9.17) is 5.73 Å². The summed E-state index contributed by atoms with van der Waals surface area (Å²) >= 11 is 1.72. The van der Waals surface area contributed by atoms with Gasteiger partial charge < -0.3 is 10.3 Å². The highest BCUT2D eigenvalue weighted by Crippen LogP contribution is 2.38. The zero-order valence-electron chi connectivity index (χ0n) is 9.80. The lowest BCUT2D eigenvalue weighted by Gasteiger charge is -2.31. The van der Waals surface area contributed by atoms with Gasteiger partial charge in [-0.25, -0.2) is 4.98 Å². The first kappa shape index (κ1) is 11.0. The molecule has 2 N–H and O–H groups in total. The van der Waals surface area contributed by atoms with Gasteiger partial charge in [0.25, 0.3) is 0 Å². The topological polar surface area (TPSA) is 43.8 Å². The van der Waals surface area contributed by atoms with E-state index in [1.807, 2.05) is 12.5 Å². The highest BCUT2D eigenvalue weighted by molar-refractivity contribution is 7.08. The van der Waals surface area contributed by atoms with E-state index in [1.54, 1.807) is 11.3 Å². The molecule has 90 valence electrons. The van der Waals surface area contributed by atoms with Crippen LogP contribution in [0.2, 0.25) is 0 Å². The highest BCUT2D eigenvalue weighted by atomic mass is 32.1. The number of imidazole rings is 1. The molecule has 1 saturated carbocycles. The molecular formula is C13H17N3S. The number of hydrogen-bond donors (Lipinski definition) is 1. The van der Waals surface area contributed by atoms with Crippen molar-refractivity contribution in [3.05, 3.63) is 29.4 Å². The maximum absolute atomic E-state index is 6.04. The van der Waals surface area contributed by atoms with E-state index in [-0.39, 0.29) is 5.54 Å². The Kier molecular flexibility index (Phi) is 2.76. The zero-order chi connectivity index (χ0) is 11.7. The van der Waals surface area contributed by atoms with Gasteiger partial charge in [-0.3, -0.25) is 0 Å². The van der Waals surface area contributed by atoms with E-state index >= 15 is 0 Å². The second-order valence-electron chi connectivity index (χ2n) is 4.80. The summed E-state index contributed by atoms with van der Waals surface area (Å²) in [5.74, 6) is 0. The summed E-state index contributed by atoms with van der Waals surface area (Å²) in [5, 5.41) is 4.28. The van der Waals surface area contributed by atoms with Crippen LogP contribution in [-0.4, -0.2) is 16.1 Å². The molecule has 0 atom stereocenters. The molecule has 1 fully saturated rings. The van der Waals surface area contributed by atoms with Crippen molar-refractivity contribution in [2.24, 2.45) is 5.73 Å². The number of hydrogen-bond acceptors (Lipinski definition) is 3. The SMILES string of the molecule is NCC1(n2cncc2-c2ccsc2)CCCC1. The first-order valence-corrected chi connectivity index (χ1v) is 7.05. The van der Waals surface area contributed by atoms with E-state index in [1.165, 1.54) is 36.9 Å². The van der Waals surface area contributed by atoms with Gasteiger partial charge in [0.15, 0.2) is 0 Å². The summed E-state index contributed by atoms with van der Waals surface area (Å²) in [7, 11) is 0. The maximum Gasteiger partial charge on any atom is 0.0956 e. The molecule has 2 aromatic heterocycles. The average Bonchev–Trinajstić information content (AvgIpc) is 3.10. The fourth-order valence-electron chi connectivity index (χ4n) is 2.87. The van der Waals surface area contributed by atoms with Crippen LogP contribution >= 0.6 is 11.3 Å². The van der Waals surface area contributed by atoms with Gasteiger partial charge in [0.1, 0.15) is 0 Å². The molecule has 1 aliphatic rings. The third-order valence-electron chi connectivity index (χ3n) is 3.88. The van der Waals surface area contributed by atoms with Gasteiger partial charge >= 0.3 is 0 Å². The fourth-order valence-corrected chi connectivity index (χ4v) is 3.52. The molecule has 0 radical (unpaired) electrons. The minimum atomic E-state index is 0.105. The summed E-state index contributed by atoms with van der Waals surface area (Å²) < 4.78 is 2.31. The smallest absolute Gasteiger partial charge is 0.0956 e. The van der Waals surface area contributed by atoms with Crippen molar-refractivity contribution in [2.75, 3.05) is 6.54 Å². The number of nitrogens with zero attached hydrogens (tertiary/aromatic N) is 2. The van der Waals surface area contributed by atoms with Crippen molar-refractivity contribution < 1.29 is 0 Å². The van der Waals surface area contributed by atoms with Crippen molar-refractivity contribution in [3.8, 4) is 11.3 Å². The van der Waals surface area contributed by atoms with Crippen LogP contribution in [0.25, 0.3) is 11.3 Å². The fraction of sp³-hybridized carbons (Fsp3) is 0.462. The molecule has 1 aliphatic carbocycles. The van der Waals surface area contributed by atoms with Crippen LogP contribution in [0.5, 0.6) is 0 Å². The summed E-state index contributed by atoms with van der Waals surface area (Å²) in [5.41, 5.74) is 8.60. The van der Waals surface area contributed by atoms with Crippen LogP contribution in [0.15, 0.2) is 29.4 Å².